The van der Waals surface area contributed by atoms with E-state index in [-0.39, 0.29) is 0 Å². The van der Waals surface area contributed by atoms with Gasteiger partial charge in [0.25, 0.3) is 0 Å². The smallest absolute Gasteiger partial charge is 0.0468 e. The Morgan fingerprint density at radius 3 is 2.45 bits per heavy atom. The van der Waals surface area contributed by atoms with Crippen molar-refractivity contribution in [3.05, 3.63) is 0 Å². The maximum Gasteiger partial charge on any atom is 0.0468 e. The molecule has 1 saturated heterocycles. The van der Waals surface area contributed by atoms with Gasteiger partial charge in [-0.2, -0.15) is 0 Å². The van der Waals surface area contributed by atoms with Gasteiger partial charge >= 0.3 is 0 Å². The predicted octanol–water partition coefficient (Wildman–Crippen LogP) is 4.24. The molecule has 0 radical (unpaired) electrons. The van der Waals surface area contributed by atoms with Crippen LogP contribution in [0.4, 0.5) is 0 Å². The summed E-state index contributed by atoms with van der Waals surface area (Å²) in [6.07, 6.45) is 8.14. The van der Waals surface area contributed by atoms with Gasteiger partial charge in [-0.15, -0.1) is 0 Å². The van der Waals surface area contributed by atoms with Crippen LogP contribution < -0.4 is 5.32 Å². The van der Waals surface area contributed by atoms with Crippen molar-refractivity contribution in [2.45, 2.75) is 72.3 Å². The van der Waals surface area contributed by atoms with E-state index in [1.807, 2.05) is 0 Å². The number of hydrogen-bond acceptors (Lipinski definition) is 2. The molecule has 1 saturated carbocycles. The van der Waals surface area contributed by atoms with Crippen molar-refractivity contribution in [1.82, 2.24) is 5.32 Å². The summed E-state index contributed by atoms with van der Waals surface area (Å²) < 4.78 is 5.52. The molecule has 2 aliphatic rings. The SMILES string of the molecule is CCNC1CC(C)CCC1C(C)(C)CC1CCOCC1. The first-order valence-corrected chi connectivity index (χ1v) is 8.84. The number of hydrogen-bond donors (Lipinski definition) is 1. The van der Waals surface area contributed by atoms with E-state index in [4.69, 9.17) is 4.74 Å². The normalized spacial score (nSPS) is 33.3. The van der Waals surface area contributed by atoms with Crippen molar-refractivity contribution < 1.29 is 4.74 Å². The van der Waals surface area contributed by atoms with Crippen LogP contribution in [0.3, 0.4) is 0 Å². The van der Waals surface area contributed by atoms with Gasteiger partial charge in [0, 0.05) is 19.3 Å². The van der Waals surface area contributed by atoms with Crippen LogP contribution in [0.5, 0.6) is 0 Å². The summed E-state index contributed by atoms with van der Waals surface area (Å²) in [6, 6.07) is 0.735. The summed E-state index contributed by atoms with van der Waals surface area (Å²) >= 11 is 0. The van der Waals surface area contributed by atoms with Gasteiger partial charge in [0.2, 0.25) is 0 Å². The van der Waals surface area contributed by atoms with E-state index in [0.29, 0.717) is 5.41 Å². The van der Waals surface area contributed by atoms with Crippen LogP contribution in [0.1, 0.15) is 66.2 Å². The molecule has 0 aromatic heterocycles. The van der Waals surface area contributed by atoms with Crippen LogP contribution in [0.15, 0.2) is 0 Å². The highest BCUT2D eigenvalue weighted by atomic mass is 16.5. The number of ether oxygens (including phenoxy) is 1. The summed E-state index contributed by atoms with van der Waals surface area (Å²) in [5.41, 5.74) is 0.467. The molecule has 0 spiro atoms. The lowest BCUT2D eigenvalue weighted by atomic mass is 9.63. The van der Waals surface area contributed by atoms with Gasteiger partial charge < -0.3 is 10.1 Å². The Bertz CT molecular complexity index is 283. The Labute approximate surface area is 126 Å². The molecule has 0 aromatic rings. The third kappa shape index (κ3) is 4.21. The number of rotatable bonds is 5. The molecule has 20 heavy (non-hydrogen) atoms. The summed E-state index contributed by atoms with van der Waals surface area (Å²) in [4.78, 5) is 0. The Balaban J connectivity index is 1.97. The molecule has 118 valence electrons. The molecule has 1 aliphatic carbocycles. The first kappa shape index (κ1) is 16.3. The van der Waals surface area contributed by atoms with Gasteiger partial charge in [-0.25, -0.2) is 0 Å². The van der Waals surface area contributed by atoms with Gasteiger partial charge in [-0.1, -0.05) is 34.1 Å². The standard InChI is InChI=1S/C18H35NO/c1-5-19-17-12-14(2)6-7-16(17)18(3,4)13-15-8-10-20-11-9-15/h14-17,19H,5-13H2,1-4H3. The lowest BCUT2D eigenvalue weighted by Gasteiger charge is -2.46. The van der Waals surface area contributed by atoms with Gasteiger partial charge in [-0.05, 0) is 61.8 Å². The van der Waals surface area contributed by atoms with Crippen molar-refractivity contribution in [2.75, 3.05) is 19.8 Å². The molecule has 2 heteroatoms. The van der Waals surface area contributed by atoms with Crippen LogP contribution >= 0.6 is 0 Å². The zero-order chi connectivity index (χ0) is 14.6. The van der Waals surface area contributed by atoms with Crippen molar-refractivity contribution >= 4 is 0 Å². The fourth-order valence-electron chi connectivity index (χ4n) is 4.65. The Morgan fingerprint density at radius 2 is 1.80 bits per heavy atom. The van der Waals surface area contributed by atoms with Gasteiger partial charge in [0.05, 0.1) is 0 Å². The zero-order valence-electron chi connectivity index (χ0n) is 14.1. The Hall–Kier alpha value is -0.0800. The van der Waals surface area contributed by atoms with E-state index in [9.17, 15) is 0 Å². The van der Waals surface area contributed by atoms with Crippen LogP contribution in [0.25, 0.3) is 0 Å². The van der Waals surface area contributed by atoms with Gasteiger partial charge in [-0.3, -0.25) is 0 Å². The predicted molar refractivity (Wildman–Crippen MR) is 85.9 cm³/mol. The summed E-state index contributed by atoms with van der Waals surface area (Å²) in [5.74, 6) is 2.64. The second-order valence-electron chi connectivity index (χ2n) is 7.94. The van der Waals surface area contributed by atoms with E-state index < -0.39 is 0 Å². The molecule has 2 rings (SSSR count). The average molecular weight is 281 g/mol. The highest BCUT2D eigenvalue weighted by molar-refractivity contribution is 4.93. The van der Waals surface area contributed by atoms with Crippen LogP contribution in [0, 0.1) is 23.2 Å². The zero-order valence-corrected chi connectivity index (χ0v) is 14.1. The highest BCUT2D eigenvalue weighted by Gasteiger charge is 2.39. The third-order valence-electron chi connectivity index (χ3n) is 5.74. The van der Waals surface area contributed by atoms with Crippen molar-refractivity contribution in [2.24, 2.45) is 23.2 Å². The second-order valence-corrected chi connectivity index (χ2v) is 7.94. The maximum absolute atomic E-state index is 5.52. The van der Waals surface area contributed by atoms with E-state index in [2.05, 4.69) is 33.0 Å². The molecule has 0 bridgehead atoms. The minimum atomic E-state index is 0.467. The molecular weight excluding hydrogens is 246 g/mol. The molecule has 0 aromatic carbocycles. The summed E-state index contributed by atoms with van der Waals surface area (Å²) in [5, 5.41) is 3.78. The molecular formula is C18H35NO. The first-order chi connectivity index (χ1) is 9.53. The lowest BCUT2D eigenvalue weighted by molar-refractivity contribution is 0.0241. The molecule has 1 aliphatic heterocycles. The fraction of sp³-hybridized carbons (Fsp3) is 1.00. The molecule has 3 atom stereocenters. The molecule has 2 fully saturated rings. The third-order valence-corrected chi connectivity index (χ3v) is 5.74. The maximum atomic E-state index is 5.52. The lowest BCUT2D eigenvalue weighted by Crippen LogP contribution is -2.47. The van der Waals surface area contributed by atoms with Crippen LogP contribution in [0.2, 0.25) is 0 Å². The Kier molecular flexibility index (Phi) is 5.92. The average Bonchev–Trinajstić information content (AvgIpc) is 2.39. The number of nitrogens with one attached hydrogen (secondary N) is 1. The Morgan fingerprint density at radius 1 is 1.10 bits per heavy atom. The van der Waals surface area contributed by atoms with Crippen LogP contribution in [-0.4, -0.2) is 25.8 Å². The fourth-order valence-corrected chi connectivity index (χ4v) is 4.65. The first-order valence-electron chi connectivity index (χ1n) is 8.84. The van der Waals surface area contributed by atoms with Crippen molar-refractivity contribution in [1.29, 1.82) is 0 Å². The molecule has 3 unspecified atom stereocenters. The largest absolute Gasteiger partial charge is 0.381 e. The molecule has 1 N–H and O–H groups in total. The van der Waals surface area contributed by atoms with Gasteiger partial charge in [0.15, 0.2) is 0 Å². The molecule has 0 amide bonds. The van der Waals surface area contributed by atoms with E-state index >= 15 is 0 Å². The van der Waals surface area contributed by atoms with Gasteiger partial charge in [0.1, 0.15) is 0 Å². The van der Waals surface area contributed by atoms with E-state index in [1.165, 1.54) is 38.5 Å². The molecule has 2 nitrogen and oxygen atoms in total. The highest BCUT2D eigenvalue weighted by Crippen LogP contribution is 2.45. The molecule has 1 heterocycles. The van der Waals surface area contributed by atoms with E-state index in [0.717, 1.165) is 43.6 Å². The van der Waals surface area contributed by atoms with Crippen LogP contribution in [-0.2, 0) is 4.74 Å². The van der Waals surface area contributed by atoms with Crippen molar-refractivity contribution in [3.8, 4) is 0 Å². The summed E-state index contributed by atoms with van der Waals surface area (Å²) in [7, 11) is 0. The second kappa shape index (κ2) is 7.26. The monoisotopic (exact) mass is 281 g/mol. The van der Waals surface area contributed by atoms with Crippen molar-refractivity contribution in [3.63, 3.8) is 0 Å². The minimum Gasteiger partial charge on any atom is -0.381 e. The minimum absolute atomic E-state index is 0.467. The van der Waals surface area contributed by atoms with E-state index in [1.54, 1.807) is 0 Å². The topological polar surface area (TPSA) is 21.3 Å². The quantitative estimate of drug-likeness (QED) is 0.813. The summed E-state index contributed by atoms with van der Waals surface area (Å²) in [6.45, 7) is 12.8.